The molecule has 0 heterocycles. The number of hydrogen-bond donors (Lipinski definition) is 2. The van der Waals surface area contributed by atoms with E-state index in [0.717, 1.165) is 0 Å². The van der Waals surface area contributed by atoms with Gasteiger partial charge in [0, 0.05) is 22.6 Å². The average Bonchev–Trinajstić information content (AvgIpc) is 2.53. The summed E-state index contributed by atoms with van der Waals surface area (Å²) in [7, 11) is 0. The van der Waals surface area contributed by atoms with Gasteiger partial charge in [-0.25, -0.2) is 8.78 Å². The SMILES string of the molecule is CSc1cc(C(=O)NCC(O)c2ccccc2F)ccc1F. The van der Waals surface area contributed by atoms with Crippen LogP contribution in [0.3, 0.4) is 0 Å². The molecule has 0 aliphatic carbocycles. The molecule has 1 amide bonds. The second-order valence-corrected chi connectivity index (χ2v) is 5.44. The monoisotopic (exact) mass is 323 g/mol. The highest BCUT2D eigenvalue weighted by atomic mass is 32.2. The maximum atomic E-state index is 13.5. The Bertz CT molecular complexity index is 679. The van der Waals surface area contributed by atoms with Crippen molar-refractivity contribution in [2.75, 3.05) is 12.8 Å². The van der Waals surface area contributed by atoms with Crippen molar-refractivity contribution in [2.24, 2.45) is 0 Å². The first kappa shape index (κ1) is 16.5. The van der Waals surface area contributed by atoms with E-state index in [0.29, 0.717) is 4.90 Å². The molecule has 0 bridgehead atoms. The third-order valence-electron chi connectivity index (χ3n) is 3.13. The number of hydrogen-bond acceptors (Lipinski definition) is 3. The zero-order valence-electron chi connectivity index (χ0n) is 11.8. The predicted octanol–water partition coefficient (Wildman–Crippen LogP) is 3.15. The van der Waals surface area contributed by atoms with Gasteiger partial charge in [-0.2, -0.15) is 0 Å². The lowest BCUT2D eigenvalue weighted by atomic mass is 10.1. The number of aliphatic hydroxyl groups excluding tert-OH is 1. The van der Waals surface area contributed by atoms with E-state index in [1.807, 2.05) is 0 Å². The largest absolute Gasteiger partial charge is 0.386 e. The molecule has 0 aliphatic heterocycles. The van der Waals surface area contributed by atoms with E-state index in [9.17, 15) is 18.7 Å². The van der Waals surface area contributed by atoms with Crippen LogP contribution in [0.4, 0.5) is 8.78 Å². The van der Waals surface area contributed by atoms with Crippen molar-refractivity contribution >= 4 is 17.7 Å². The molecule has 0 radical (unpaired) electrons. The quantitative estimate of drug-likeness (QED) is 0.831. The molecule has 2 rings (SSSR count). The Morgan fingerprint density at radius 1 is 1.23 bits per heavy atom. The van der Waals surface area contributed by atoms with Crippen molar-refractivity contribution < 1.29 is 18.7 Å². The Hall–Kier alpha value is -1.92. The number of amides is 1. The van der Waals surface area contributed by atoms with E-state index in [1.165, 1.54) is 48.2 Å². The average molecular weight is 323 g/mol. The van der Waals surface area contributed by atoms with Crippen molar-refractivity contribution in [3.63, 3.8) is 0 Å². The number of carbonyl (C=O) groups is 1. The van der Waals surface area contributed by atoms with Crippen molar-refractivity contribution in [3.8, 4) is 0 Å². The molecule has 22 heavy (non-hydrogen) atoms. The molecule has 1 atom stereocenters. The smallest absolute Gasteiger partial charge is 0.251 e. The van der Waals surface area contributed by atoms with Crippen LogP contribution < -0.4 is 5.32 Å². The first-order chi connectivity index (χ1) is 10.5. The lowest BCUT2D eigenvalue weighted by molar-refractivity contribution is 0.0914. The van der Waals surface area contributed by atoms with Gasteiger partial charge in [0.2, 0.25) is 0 Å². The molecule has 2 aromatic rings. The Labute approximate surface area is 131 Å². The first-order valence-electron chi connectivity index (χ1n) is 6.57. The summed E-state index contributed by atoms with van der Waals surface area (Å²) in [6.45, 7) is -0.133. The third-order valence-corrected chi connectivity index (χ3v) is 3.89. The Kier molecular flexibility index (Phi) is 5.51. The molecule has 6 heteroatoms. The second kappa shape index (κ2) is 7.38. The molecule has 0 fully saturated rings. The van der Waals surface area contributed by atoms with Crippen LogP contribution in [0, 0.1) is 11.6 Å². The molecule has 0 saturated carbocycles. The topological polar surface area (TPSA) is 49.3 Å². The minimum Gasteiger partial charge on any atom is -0.386 e. The molecule has 0 aliphatic rings. The summed E-state index contributed by atoms with van der Waals surface area (Å²) in [5.74, 6) is -1.38. The van der Waals surface area contributed by atoms with Gasteiger partial charge >= 0.3 is 0 Å². The van der Waals surface area contributed by atoms with Gasteiger partial charge in [-0.3, -0.25) is 4.79 Å². The molecular weight excluding hydrogens is 308 g/mol. The number of aliphatic hydroxyl groups is 1. The Morgan fingerprint density at radius 3 is 2.64 bits per heavy atom. The second-order valence-electron chi connectivity index (χ2n) is 4.60. The summed E-state index contributed by atoms with van der Waals surface area (Å²) in [6.07, 6.45) is 0.563. The van der Waals surface area contributed by atoms with Crippen molar-refractivity contribution in [1.29, 1.82) is 0 Å². The zero-order valence-corrected chi connectivity index (χ0v) is 12.7. The number of halogens is 2. The summed E-state index contributed by atoms with van der Waals surface area (Å²) in [4.78, 5) is 12.4. The lowest BCUT2D eigenvalue weighted by Gasteiger charge is -2.13. The van der Waals surface area contributed by atoms with Gasteiger partial charge in [-0.1, -0.05) is 18.2 Å². The molecule has 0 spiro atoms. The number of carbonyl (C=O) groups excluding carboxylic acids is 1. The number of rotatable bonds is 5. The summed E-state index contributed by atoms with van der Waals surface area (Å²) in [5, 5.41) is 12.4. The van der Waals surface area contributed by atoms with Crippen molar-refractivity contribution in [1.82, 2.24) is 5.32 Å². The molecule has 2 aromatic carbocycles. The minimum absolute atomic E-state index is 0.117. The fraction of sp³-hybridized carbons (Fsp3) is 0.188. The van der Waals surface area contributed by atoms with Crippen LogP contribution in [-0.4, -0.2) is 23.8 Å². The fourth-order valence-electron chi connectivity index (χ4n) is 1.95. The van der Waals surface area contributed by atoms with Gasteiger partial charge in [-0.05, 0) is 30.5 Å². The molecule has 116 valence electrons. The van der Waals surface area contributed by atoms with Crippen LogP contribution in [0.25, 0.3) is 0 Å². The van der Waals surface area contributed by atoms with E-state index < -0.39 is 23.6 Å². The van der Waals surface area contributed by atoms with Gasteiger partial charge in [0.15, 0.2) is 0 Å². The van der Waals surface area contributed by atoms with Crippen LogP contribution in [0.2, 0.25) is 0 Å². The van der Waals surface area contributed by atoms with Crippen LogP contribution in [0.1, 0.15) is 22.0 Å². The summed E-state index contributed by atoms with van der Waals surface area (Å²) >= 11 is 1.20. The van der Waals surface area contributed by atoms with Gasteiger partial charge < -0.3 is 10.4 Å². The van der Waals surface area contributed by atoms with Gasteiger partial charge in [-0.15, -0.1) is 11.8 Å². The number of nitrogens with one attached hydrogen (secondary N) is 1. The van der Waals surface area contributed by atoms with Crippen molar-refractivity contribution in [2.45, 2.75) is 11.0 Å². The van der Waals surface area contributed by atoms with Crippen LogP contribution >= 0.6 is 11.8 Å². The maximum Gasteiger partial charge on any atom is 0.251 e. The third kappa shape index (κ3) is 3.84. The number of thioether (sulfide) groups is 1. The molecule has 1 unspecified atom stereocenters. The zero-order chi connectivity index (χ0) is 16.1. The molecule has 0 saturated heterocycles. The fourth-order valence-corrected chi connectivity index (χ4v) is 2.46. The highest BCUT2D eigenvalue weighted by Gasteiger charge is 2.15. The summed E-state index contributed by atoms with van der Waals surface area (Å²) in [5.41, 5.74) is 0.401. The van der Waals surface area contributed by atoms with Gasteiger partial charge in [0.1, 0.15) is 11.6 Å². The molecule has 2 N–H and O–H groups in total. The molecule has 3 nitrogen and oxygen atoms in total. The first-order valence-corrected chi connectivity index (χ1v) is 7.79. The predicted molar refractivity (Wildman–Crippen MR) is 81.9 cm³/mol. The summed E-state index contributed by atoms with van der Waals surface area (Å²) in [6, 6.07) is 9.83. The van der Waals surface area contributed by atoms with Crippen LogP contribution in [0.15, 0.2) is 47.4 Å². The van der Waals surface area contributed by atoms with E-state index >= 15 is 0 Å². The van der Waals surface area contributed by atoms with E-state index in [1.54, 1.807) is 12.3 Å². The standard InChI is InChI=1S/C16H15F2NO2S/c1-22-15-8-10(6-7-13(15)18)16(21)19-9-14(20)11-4-2-3-5-12(11)17/h2-8,14,20H,9H2,1H3,(H,19,21). The van der Waals surface area contributed by atoms with Gasteiger partial charge in [0.25, 0.3) is 5.91 Å². The normalized spacial score (nSPS) is 12.0. The highest BCUT2D eigenvalue weighted by Crippen LogP contribution is 2.21. The number of benzene rings is 2. The van der Waals surface area contributed by atoms with E-state index in [-0.39, 0.29) is 17.7 Å². The minimum atomic E-state index is -1.15. The summed E-state index contributed by atoms with van der Waals surface area (Å²) < 4.78 is 26.9. The van der Waals surface area contributed by atoms with Crippen LogP contribution in [-0.2, 0) is 0 Å². The Balaban J connectivity index is 2.02. The Morgan fingerprint density at radius 2 is 1.95 bits per heavy atom. The van der Waals surface area contributed by atoms with E-state index in [4.69, 9.17) is 0 Å². The molecule has 0 aromatic heterocycles. The highest BCUT2D eigenvalue weighted by molar-refractivity contribution is 7.98. The van der Waals surface area contributed by atoms with E-state index in [2.05, 4.69) is 5.32 Å². The maximum absolute atomic E-state index is 13.5. The van der Waals surface area contributed by atoms with Crippen molar-refractivity contribution in [3.05, 3.63) is 65.2 Å². The van der Waals surface area contributed by atoms with Gasteiger partial charge in [0.05, 0.1) is 6.10 Å². The van der Waals surface area contributed by atoms with Crippen LogP contribution in [0.5, 0.6) is 0 Å². The molecular formula is C16H15F2NO2S. The lowest BCUT2D eigenvalue weighted by Crippen LogP contribution is -2.28.